The van der Waals surface area contributed by atoms with Crippen LogP contribution in [0.5, 0.6) is 0 Å². The van der Waals surface area contributed by atoms with Gasteiger partial charge in [0.1, 0.15) is 5.60 Å². The Balaban J connectivity index is 4.57. The summed E-state index contributed by atoms with van der Waals surface area (Å²) < 4.78 is 0. The number of hydrogen-bond acceptors (Lipinski definition) is 2. The zero-order chi connectivity index (χ0) is 8.58. The zero-order valence-corrected chi connectivity index (χ0v) is 7.36. The number of ketones is 1. The maximum Gasteiger partial charge on any atom is 0.161 e. The molecule has 2 heteroatoms. The number of carbonyl (C=O) groups excluding carboxylic acids is 1. The molecule has 0 bridgehead atoms. The molecule has 0 aromatic carbocycles. The van der Waals surface area contributed by atoms with Crippen molar-refractivity contribution < 1.29 is 9.90 Å². The fraction of sp³-hybridized carbons (Fsp3) is 0.875. The van der Waals surface area contributed by atoms with E-state index in [0.29, 0.717) is 0 Å². The summed E-state index contributed by atoms with van der Waals surface area (Å²) in [6.45, 7) is 8.48. The van der Waals surface area contributed by atoms with Crippen LogP contribution in [0, 0.1) is 5.41 Å². The number of hydrogen-bond donors (Lipinski definition) is 1. The molecule has 1 unspecified atom stereocenters. The summed E-state index contributed by atoms with van der Waals surface area (Å²) in [4.78, 5) is 10.9. The predicted octanol–water partition coefficient (Wildman–Crippen LogP) is 1.37. The first-order valence-corrected chi connectivity index (χ1v) is 3.43. The Morgan fingerprint density at radius 3 is 1.50 bits per heavy atom. The van der Waals surface area contributed by atoms with E-state index in [1.165, 1.54) is 6.92 Å². The fourth-order valence-corrected chi connectivity index (χ4v) is 0.528. The van der Waals surface area contributed by atoms with Crippen LogP contribution < -0.4 is 0 Å². The Kier molecular flexibility index (Phi) is 2.26. The van der Waals surface area contributed by atoms with Gasteiger partial charge in [-0.15, -0.1) is 0 Å². The van der Waals surface area contributed by atoms with Gasteiger partial charge in [-0.1, -0.05) is 20.8 Å². The third-order valence-corrected chi connectivity index (χ3v) is 2.15. The molecule has 10 heavy (non-hydrogen) atoms. The normalized spacial score (nSPS) is 18.2. The van der Waals surface area contributed by atoms with Crippen LogP contribution in [0.15, 0.2) is 0 Å². The van der Waals surface area contributed by atoms with E-state index < -0.39 is 5.60 Å². The highest BCUT2D eigenvalue weighted by Gasteiger charge is 2.39. The third-order valence-electron chi connectivity index (χ3n) is 2.15. The number of carbonyl (C=O) groups is 1. The highest BCUT2D eigenvalue weighted by Crippen LogP contribution is 2.30. The van der Waals surface area contributed by atoms with Crippen molar-refractivity contribution in [3.05, 3.63) is 0 Å². The second kappa shape index (κ2) is 2.35. The van der Waals surface area contributed by atoms with Crippen LogP contribution in [0.3, 0.4) is 0 Å². The number of aliphatic hydroxyl groups is 1. The highest BCUT2D eigenvalue weighted by molar-refractivity contribution is 5.85. The average molecular weight is 144 g/mol. The molecule has 0 heterocycles. The number of rotatable bonds is 1. The standard InChI is InChI=1S/C8H16O2/c1-6(9)8(5,10)7(2,3)4/h10H,1-5H3. The molecule has 0 aromatic rings. The van der Waals surface area contributed by atoms with E-state index in [0.717, 1.165) is 0 Å². The van der Waals surface area contributed by atoms with Crippen LogP contribution in [-0.2, 0) is 4.79 Å². The van der Waals surface area contributed by atoms with Crippen molar-refractivity contribution >= 4 is 5.78 Å². The van der Waals surface area contributed by atoms with Gasteiger partial charge in [0.05, 0.1) is 0 Å². The van der Waals surface area contributed by atoms with E-state index in [1.54, 1.807) is 6.92 Å². The first kappa shape index (κ1) is 9.63. The monoisotopic (exact) mass is 144 g/mol. The highest BCUT2D eigenvalue weighted by atomic mass is 16.3. The van der Waals surface area contributed by atoms with Gasteiger partial charge in [0.25, 0.3) is 0 Å². The van der Waals surface area contributed by atoms with Gasteiger partial charge in [-0.05, 0) is 19.3 Å². The lowest BCUT2D eigenvalue weighted by Gasteiger charge is -2.34. The van der Waals surface area contributed by atoms with E-state index in [2.05, 4.69) is 0 Å². The summed E-state index contributed by atoms with van der Waals surface area (Å²) in [5.41, 5.74) is -1.58. The van der Waals surface area contributed by atoms with E-state index in [1.807, 2.05) is 20.8 Å². The summed E-state index contributed by atoms with van der Waals surface area (Å²) in [6, 6.07) is 0. The van der Waals surface area contributed by atoms with Gasteiger partial charge < -0.3 is 5.11 Å². The average Bonchev–Trinajstić information content (AvgIpc) is 1.62. The van der Waals surface area contributed by atoms with Gasteiger partial charge in [-0.25, -0.2) is 0 Å². The summed E-state index contributed by atoms with van der Waals surface area (Å²) in [5, 5.41) is 9.58. The van der Waals surface area contributed by atoms with Crippen LogP contribution in [0.25, 0.3) is 0 Å². The SMILES string of the molecule is CC(=O)C(C)(O)C(C)(C)C. The molecule has 0 fully saturated rings. The molecule has 0 spiro atoms. The summed E-state index contributed by atoms with van der Waals surface area (Å²) in [5.74, 6) is -0.181. The maximum absolute atomic E-state index is 10.9. The van der Waals surface area contributed by atoms with Crippen LogP contribution >= 0.6 is 0 Å². The van der Waals surface area contributed by atoms with Crippen molar-refractivity contribution in [2.75, 3.05) is 0 Å². The molecule has 0 saturated carbocycles. The van der Waals surface area contributed by atoms with Gasteiger partial charge >= 0.3 is 0 Å². The maximum atomic E-state index is 10.9. The molecular formula is C8H16O2. The molecule has 0 aliphatic carbocycles. The van der Waals surface area contributed by atoms with Crippen LogP contribution in [0.4, 0.5) is 0 Å². The molecule has 0 aliphatic heterocycles. The Hall–Kier alpha value is -0.370. The van der Waals surface area contributed by atoms with Crippen molar-refractivity contribution in [1.82, 2.24) is 0 Å². The van der Waals surface area contributed by atoms with Crippen molar-refractivity contribution in [2.45, 2.75) is 40.2 Å². The third kappa shape index (κ3) is 1.57. The van der Waals surface area contributed by atoms with E-state index in [4.69, 9.17) is 0 Å². The van der Waals surface area contributed by atoms with E-state index >= 15 is 0 Å². The minimum absolute atomic E-state index is 0.181. The second-order valence-electron chi connectivity index (χ2n) is 3.88. The summed E-state index contributed by atoms with van der Waals surface area (Å²) in [6.07, 6.45) is 0. The quantitative estimate of drug-likeness (QED) is 0.603. The minimum Gasteiger partial charge on any atom is -0.382 e. The van der Waals surface area contributed by atoms with Crippen molar-refractivity contribution in [1.29, 1.82) is 0 Å². The molecule has 0 aliphatic rings. The van der Waals surface area contributed by atoms with E-state index in [9.17, 15) is 9.90 Å². The number of Topliss-reactive ketones (excluding diaryl/α,β-unsaturated/α-hetero) is 1. The first-order valence-electron chi connectivity index (χ1n) is 3.43. The topological polar surface area (TPSA) is 37.3 Å². The fourth-order valence-electron chi connectivity index (χ4n) is 0.528. The molecule has 0 rings (SSSR count). The Labute approximate surface area is 62.2 Å². The molecule has 0 radical (unpaired) electrons. The van der Waals surface area contributed by atoms with Crippen molar-refractivity contribution in [3.8, 4) is 0 Å². The van der Waals surface area contributed by atoms with Gasteiger partial charge in [-0.3, -0.25) is 4.79 Å². The van der Waals surface area contributed by atoms with Gasteiger partial charge in [-0.2, -0.15) is 0 Å². The Morgan fingerprint density at radius 1 is 1.20 bits per heavy atom. The summed E-state index contributed by atoms with van der Waals surface area (Å²) in [7, 11) is 0. The van der Waals surface area contributed by atoms with Crippen molar-refractivity contribution in [3.63, 3.8) is 0 Å². The molecule has 1 N–H and O–H groups in total. The van der Waals surface area contributed by atoms with Crippen molar-refractivity contribution in [2.24, 2.45) is 5.41 Å². The van der Waals surface area contributed by atoms with Gasteiger partial charge in [0, 0.05) is 0 Å². The lowest BCUT2D eigenvalue weighted by atomic mass is 9.76. The molecule has 1 atom stereocenters. The van der Waals surface area contributed by atoms with Crippen LogP contribution in [-0.4, -0.2) is 16.5 Å². The largest absolute Gasteiger partial charge is 0.382 e. The first-order chi connectivity index (χ1) is 4.19. The second-order valence-corrected chi connectivity index (χ2v) is 3.88. The van der Waals surface area contributed by atoms with Gasteiger partial charge in [0.2, 0.25) is 0 Å². The Bertz CT molecular complexity index is 140. The zero-order valence-electron chi connectivity index (χ0n) is 7.36. The van der Waals surface area contributed by atoms with Crippen LogP contribution in [0.2, 0.25) is 0 Å². The molecule has 2 nitrogen and oxygen atoms in total. The predicted molar refractivity (Wildman–Crippen MR) is 40.8 cm³/mol. The molecule has 0 amide bonds. The molecule has 0 aromatic heterocycles. The lowest BCUT2D eigenvalue weighted by molar-refractivity contribution is -0.144. The Morgan fingerprint density at radius 2 is 1.50 bits per heavy atom. The molecule has 60 valence electrons. The molecule has 0 saturated heterocycles. The van der Waals surface area contributed by atoms with Gasteiger partial charge in [0.15, 0.2) is 5.78 Å². The molecular weight excluding hydrogens is 128 g/mol. The minimum atomic E-state index is -1.20. The smallest absolute Gasteiger partial charge is 0.161 e. The van der Waals surface area contributed by atoms with E-state index in [-0.39, 0.29) is 11.2 Å². The van der Waals surface area contributed by atoms with Crippen LogP contribution in [0.1, 0.15) is 34.6 Å². The lowest BCUT2D eigenvalue weighted by Crippen LogP contribution is -2.45. The summed E-state index contributed by atoms with van der Waals surface area (Å²) >= 11 is 0.